The second-order valence-corrected chi connectivity index (χ2v) is 3.12. The number of nitrogens with one attached hydrogen (secondary N) is 1. The number of nitrogens with two attached hydrogens (primary N) is 1. The van der Waals surface area contributed by atoms with Gasteiger partial charge in [-0.05, 0) is 19.9 Å². The lowest BCUT2D eigenvalue weighted by molar-refractivity contribution is -0.117. The molecule has 0 atom stereocenters. The van der Waals surface area contributed by atoms with Crippen molar-refractivity contribution in [1.82, 2.24) is 10.2 Å². The van der Waals surface area contributed by atoms with E-state index in [1.165, 1.54) is 0 Å². The van der Waals surface area contributed by atoms with E-state index in [2.05, 4.69) is 10.2 Å². The minimum absolute atomic E-state index is 0.167. The van der Waals surface area contributed by atoms with Gasteiger partial charge < -0.3 is 5.73 Å². The van der Waals surface area contributed by atoms with Crippen LogP contribution in [-0.2, 0) is 11.2 Å². The molecular weight excluding hydrogens is 190 g/mol. The number of hydrogen-bond donors (Lipinski definition) is 2. The summed E-state index contributed by atoms with van der Waals surface area (Å²) in [7, 11) is 0. The van der Waals surface area contributed by atoms with Crippen molar-refractivity contribution in [2.45, 2.75) is 20.3 Å². The van der Waals surface area contributed by atoms with Crippen molar-refractivity contribution in [2.24, 2.45) is 5.73 Å². The third-order valence-corrected chi connectivity index (χ3v) is 2.00. The fourth-order valence-corrected chi connectivity index (χ4v) is 1.35. The Morgan fingerprint density at radius 1 is 1.53 bits per heavy atom. The number of aromatic amines is 1. The Bertz CT molecular complexity index is 482. The second-order valence-electron chi connectivity index (χ2n) is 3.12. The molecule has 0 saturated carbocycles. The Morgan fingerprint density at radius 2 is 2.27 bits per heavy atom. The topological polar surface area (TPSA) is 71.8 Å². The van der Waals surface area contributed by atoms with E-state index >= 15 is 0 Å². The zero-order valence-corrected chi connectivity index (χ0v) is 8.95. The van der Waals surface area contributed by atoms with E-state index in [-0.39, 0.29) is 12.3 Å². The summed E-state index contributed by atoms with van der Waals surface area (Å²) in [5.74, 6) is -0.373. The lowest BCUT2D eigenvalue weighted by Crippen LogP contribution is -2.27. The summed E-state index contributed by atoms with van der Waals surface area (Å²) in [4.78, 5) is 10.8. The molecule has 3 N–H and O–H groups in total. The quantitative estimate of drug-likeness (QED) is 0.704. The molecular formula is C11H15N3O. The van der Waals surface area contributed by atoms with Gasteiger partial charge in [0.2, 0.25) is 5.91 Å². The van der Waals surface area contributed by atoms with Crippen LogP contribution in [0.4, 0.5) is 0 Å². The van der Waals surface area contributed by atoms with Crippen molar-refractivity contribution in [3.63, 3.8) is 0 Å². The average Bonchev–Trinajstić information content (AvgIpc) is 2.56. The predicted molar refractivity (Wildman–Crippen MR) is 60.2 cm³/mol. The number of allylic oxidation sites excluding steroid dienone is 2. The van der Waals surface area contributed by atoms with Crippen LogP contribution in [0.5, 0.6) is 0 Å². The van der Waals surface area contributed by atoms with Gasteiger partial charge in [0.15, 0.2) is 0 Å². The van der Waals surface area contributed by atoms with Gasteiger partial charge >= 0.3 is 0 Å². The normalized spacial score (nSPS) is 14.0. The van der Waals surface area contributed by atoms with Crippen LogP contribution in [0.15, 0.2) is 12.2 Å². The summed E-state index contributed by atoms with van der Waals surface area (Å²) in [5, 5.41) is 8.76. The number of amides is 1. The predicted octanol–water partition coefficient (Wildman–Crippen LogP) is -0.405. The minimum atomic E-state index is -0.373. The van der Waals surface area contributed by atoms with E-state index in [4.69, 9.17) is 5.73 Å². The highest BCUT2D eigenvalue weighted by molar-refractivity contribution is 5.76. The fraction of sp³-hybridized carbons (Fsp3) is 0.273. The van der Waals surface area contributed by atoms with Gasteiger partial charge in [-0.1, -0.05) is 18.2 Å². The van der Waals surface area contributed by atoms with Crippen LogP contribution in [0.25, 0.3) is 12.2 Å². The molecule has 0 bridgehead atoms. The van der Waals surface area contributed by atoms with Crippen molar-refractivity contribution in [1.29, 1.82) is 0 Å². The largest absolute Gasteiger partial charge is 0.369 e. The molecule has 0 unspecified atom stereocenters. The van der Waals surface area contributed by atoms with Gasteiger partial charge in [-0.2, -0.15) is 5.10 Å². The summed E-state index contributed by atoms with van der Waals surface area (Å²) in [5.41, 5.74) is 5.82. The SMILES string of the molecule is C\C=C/C=c1/[nH]nc(CC(N)=O)/c1=C/C. The number of rotatable bonds is 3. The molecule has 1 heterocycles. The van der Waals surface area contributed by atoms with Gasteiger partial charge in [-0.25, -0.2) is 0 Å². The van der Waals surface area contributed by atoms with Gasteiger partial charge in [0, 0.05) is 5.22 Å². The van der Waals surface area contributed by atoms with E-state index in [9.17, 15) is 4.79 Å². The Labute approximate surface area is 88.2 Å². The molecule has 0 aromatic carbocycles. The highest BCUT2D eigenvalue weighted by Gasteiger charge is 2.03. The number of H-pyrrole nitrogens is 1. The molecule has 4 heteroatoms. The second kappa shape index (κ2) is 5.14. The molecule has 4 nitrogen and oxygen atoms in total. The zero-order valence-electron chi connectivity index (χ0n) is 8.95. The first kappa shape index (κ1) is 11.2. The van der Waals surface area contributed by atoms with Gasteiger partial charge in [0.1, 0.15) is 0 Å². The van der Waals surface area contributed by atoms with E-state index in [1.54, 1.807) is 0 Å². The first-order chi connectivity index (χ1) is 7.19. The molecule has 15 heavy (non-hydrogen) atoms. The standard InChI is InChI=1S/C11H15N3O/c1-3-5-6-9-8(4-2)10(14-13-9)7-11(12)15/h3-6,13H,7H2,1-2H3,(H2,12,15)/b5-3-,8-4+,9-6+. The molecule has 0 spiro atoms. The van der Waals surface area contributed by atoms with E-state index in [0.29, 0.717) is 5.69 Å². The molecule has 1 amide bonds. The molecule has 1 aromatic heterocycles. The lowest BCUT2D eigenvalue weighted by Gasteiger charge is -1.88. The van der Waals surface area contributed by atoms with Crippen molar-refractivity contribution < 1.29 is 4.79 Å². The Hall–Kier alpha value is -1.84. The Kier molecular flexibility index (Phi) is 3.85. The minimum Gasteiger partial charge on any atom is -0.369 e. The van der Waals surface area contributed by atoms with Gasteiger partial charge in [-0.3, -0.25) is 9.89 Å². The molecule has 1 aromatic rings. The number of carbonyl (C=O) groups excluding carboxylic acids is 1. The van der Waals surface area contributed by atoms with Crippen molar-refractivity contribution >= 4 is 18.1 Å². The highest BCUT2D eigenvalue weighted by Crippen LogP contribution is 1.82. The van der Waals surface area contributed by atoms with Crippen LogP contribution in [0.3, 0.4) is 0 Å². The Balaban J connectivity index is 3.24. The smallest absolute Gasteiger partial charge is 0.223 e. The summed E-state index contributed by atoms with van der Waals surface area (Å²) in [6, 6.07) is 0. The highest BCUT2D eigenvalue weighted by atomic mass is 16.1. The zero-order chi connectivity index (χ0) is 11.3. The van der Waals surface area contributed by atoms with E-state index in [1.807, 2.05) is 38.2 Å². The van der Waals surface area contributed by atoms with Crippen LogP contribution >= 0.6 is 0 Å². The maximum atomic E-state index is 10.8. The molecule has 0 aliphatic carbocycles. The van der Waals surface area contributed by atoms with Crippen molar-refractivity contribution in [3.05, 3.63) is 28.4 Å². The summed E-state index contributed by atoms with van der Waals surface area (Å²) in [6.45, 7) is 3.84. The van der Waals surface area contributed by atoms with Crippen LogP contribution in [0.1, 0.15) is 19.5 Å². The molecule has 0 fully saturated rings. The number of nitrogens with zero attached hydrogens (tertiary/aromatic N) is 1. The first-order valence-corrected chi connectivity index (χ1v) is 4.80. The van der Waals surface area contributed by atoms with Crippen molar-refractivity contribution in [2.75, 3.05) is 0 Å². The van der Waals surface area contributed by atoms with Crippen molar-refractivity contribution in [3.8, 4) is 0 Å². The molecule has 1 rings (SSSR count). The average molecular weight is 205 g/mol. The number of hydrogen-bond acceptors (Lipinski definition) is 2. The van der Waals surface area contributed by atoms with Crippen LogP contribution < -0.4 is 16.3 Å². The third-order valence-electron chi connectivity index (χ3n) is 2.00. The summed E-state index contributed by atoms with van der Waals surface area (Å²) in [6.07, 6.45) is 7.83. The van der Waals surface area contributed by atoms with Gasteiger partial charge in [0.05, 0.1) is 17.5 Å². The van der Waals surface area contributed by atoms with E-state index < -0.39 is 0 Å². The van der Waals surface area contributed by atoms with Crippen LogP contribution in [-0.4, -0.2) is 16.1 Å². The number of primary amides is 1. The monoisotopic (exact) mass is 205 g/mol. The molecule has 80 valence electrons. The van der Waals surface area contributed by atoms with E-state index in [0.717, 1.165) is 10.6 Å². The third kappa shape index (κ3) is 2.80. The van der Waals surface area contributed by atoms with Crippen LogP contribution in [0.2, 0.25) is 0 Å². The molecule has 0 radical (unpaired) electrons. The number of carbonyl (C=O) groups is 1. The fourth-order valence-electron chi connectivity index (χ4n) is 1.35. The lowest BCUT2D eigenvalue weighted by atomic mass is 10.2. The first-order valence-electron chi connectivity index (χ1n) is 4.80. The Morgan fingerprint density at radius 3 is 2.80 bits per heavy atom. The summed E-state index contributed by atoms with van der Waals surface area (Å²) < 4.78 is 0. The molecule has 0 aliphatic rings. The summed E-state index contributed by atoms with van der Waals surface area (Å²) >= 11 is 0. The number of aromatic nitrogens is 2. The maximum Gasteiger partial charge on any atom is 0.223 e. The molecule has 0 saturated heterocycles. The maximum absolute atomic E-state index is 10.8. The van der Waals surface area contributed by atoms with Crippen LogP contribution in [0, 0.1) is 0 Å². The molecule has 0 aliphatic heterocycles. The van der Waals surface area contributed by atoms with Gasteiger partial charge in [-0.15, -0.1) is 0 Å². The van der Waals surface area contributed by atoms with Gasteiger partial charge in [0.25, 0.3) is 0 Å².